The topological polar surface area (TPSA) is 38.3 Å². The smallest absolute Gasteiger partial charge is 0.258 e. The zero-order valence-electron chi connectivity index (χ0n) is 11.3. The molecule has 3 nitrogen and oxygen atoms in total. The van der Waals surface area contributed by atoms with Crippen molar-refractivity contribution in [2.45, 2.75) is 39.7 Å². The van der Waals surface area contributed by atoms with E-state index in [9.17, 15) is 4.79 Å². The zero-order chi connectivity index (χ0) is 13.8. The standard InChI is InChI=1S/C14H20ClNO2/c1-5-10-8-11(6-7-12(10)15)18-9-13(17)16-14(2,3)4/h6-8H,5,9H2,1-4H3,(H,16,17). The third-order valence-corrected chi connectivity index (χ3v) is 2.65. The first kappa shape index (κ1) is 14.8. The van der Waals surface area contributed by atoms with Crippen LogP contribution in [-0.4, -0.2) is 18.1 Å². The number of carbonyl (C=O) groups excluding carboxylic acids is 1. The van der Waals surface area contributed by atoms with E-state index < -0.39 is 0 Å². The highest BCUT2D eigenvalue weighted by atomic mass is 35.5. The van der Waals surface area contributed by atoms with Gasteiger partial charge in [-0.1, -0.05) is 18.5 Å². The lowest BCUT2D eigenvalue weighted by Crippen LogP contribution is -2.43. The van der Waals surface area contributed by atoms with Gasteiger partial charge in [0.1, 0.15) is 5.75 Å². The van der Waals surface area contributed by atoms with Crippen molar-refractivity contribution in [2.24, 2.45) is 0 Å². The predicted molar refractivity (Wildman–Crippen MR) is 74.2 cm³/mol. The monoisotopic (exact) mass is 269 g/mol. The Hall–Kier alpha value is -1.22. The summed E-state index contributed by atoms with van der Waals surface area (Å²) in [6.07, 6.45) is 0.838. The molecule has 0 aliphatic heterocycles. The molecule has 100 valence electrons. The van der Waals surface area contributed by atoms with E-state index in [4.69, 9.17) is 16.3 Å². The van der Waals surface area contributed by atoms with Crippen LogP contribution in [0.25, 0.3) is 0 Å². The van der Waals surface area contributed by atoms with Gasteiger partial charge in [0.05, 0.1) is 0 Å². The van der Waals surface area contributed by atoms with Crippen molar-refractivity contribution in [3.05, 3.63) is 28.8 Å². The first-order valence-electron chi connectivity index (χ1n) is 6.04. The van der Waals surface area contributed by atoms with E-state index in [2.05, 4.69) is 5.32 Å². The minimum atomic E-state index is -0.241. The fourth-order valence-corrected chi connectivity index (χ4v) is 1.77. The third-order valence-electron chi connectivity index (χ3n) is 2.28. The average molecular weight is 270 g/mol. The van der Waals surface area contributed by atoms with Crippen molar-refractivity contribution in [1.82, 2.24) is 5.32 Å². The molecule has 0 fully saturated rings. The van der Waals surface area contributed by atoms with Crippen LogP contribution in [0.1, 0.15) is 33.3 Å². The van der Waals surface area contributed by atoms with E-state index in [0.717, 1.165) is 17.0 Å². The number of rotatable bonds is 4. The Morgan fingerprint density at radius 2 is 2.06 bits per heavy atom. The van der Waals surface area contributed by atoms with E-state index in [0.29, 0.717) is 5.75 Å². The number of amides is 1. The number of hydrogen-bond acceptors (Lipinski definition) is 2. The highest BCUT2D eigenvalue weighted by Crippen LogP contribution is 2.22. The van der Waals surface area contributed by atoms with Crippen molar-refractivity contribution in [3.63, 3.8) is 0 Å². The number of nitrogens with one attached hydrogen (secondary N) is 1. The lowest BCUT2D eigenvalue weighted by molar-refractivity contribution is -0.124. The molecule has 1 N–H and O–H groups in total. The van der Waals surface area contributed by atoms with Gasteiger partial charge in [-0.2, -0.15) is 0 Å². The lowest BCUT2D eigenvalue weighted by atomic mass is 10.1. The molecule has 4 heteroatoms. The van der Waals surface area contributed by atoms with Gasteiger partial charge < -0.3 is 10.1 Å². The Morgan fingerprint density at radius 3 is 2.61 bits per heavy atom. The van der Waals surface area contributed by atoms with Crippen LogP contribution >= 0.6 is 11.6 Å². The molecule has 0 bridgehead atoms. The Labute approximate surface area is 113 Å². The van der Waals surface area contributed by atoms with Crippen LogP contribution in [-0.2, 0) is 11.2 Å². The Kier molecular flexibility index (Phi) is 5.03. The first-order chi connectivity index (χ1) is 8.31. The van der Waals surface area contributed by atoms with Crippen molar-refractivity contribution >= 4 is 17.5 Å². The summed E-state index contributed by atoms with van der Waals surface area (Å²) in [7, 11) is 0. The van der Waals surface area contributed by atoms with E-state index in [1.807, 2.05) is 33.8 Å². The summed E-state index contributed by atoms with van der Waals surface area (Å²) < 4.78 is 5.44. The van der Waals surface area contributed by atoms with E-state index in [-0.39, 0.29) is 18.1 Å². The van der Waals surface area contributed by atoms with Crippen LogP contribution in [0.15, 0.2) is 18.2 Å². The molecule has 0 saturated heterocycles. The molecule has 0 unspecified atom stereocenters. The SMILES string of the molecule is CCc1cc(OCC(=O)NC(C)(C)C)ccc1Cl. The van der Waals surface area contributed by atoms with E-state index in [1.165, 1.54) is 0 Å². The summed E-state index contributed by atoms with van der Waals surface area (Å²) in [6, 6.07) is 5.43. The largest absolute Gasteiger partial charge is 0.484 e. The van der Waals surface area contributed by atoms with Gasteiger partial charge in [-0.25, -0.2) is 0 Å². The van der Waals surface area contributed by atoms with Crippen LogP contribution in [0.5, 0.6) is 5.75 Å². The molecule has 0 spiro atoms. The molecule has 0 aromatic heterocycles. The van der Waals surface area contributed by atoms with Gasteiger partial charge in [0, 0.05) is 10.6 Å². The molecule has 0 atom stereocenters. The molecule has 0 aliphatic rings. The molecule has 1 aromatic rings. The zero-order valence-corrected chi connectivity index (χ0v) is 12.1. The van der Waals surface area contributed by atoms with Crippen LogP contribution < -0.4 is 10.1 Å². The van der Waals surface area contributed by atoms with Crippen LogP contribution in [0, 0.1) is 0 Å². The molecule has 0 radical (unpaired) electrons. The van der Waals surface area contributed by atoms with Crippen LogP contribution in [0.3, 0.4) is 0 Å². The molecule has 0 saturated carbocycles. The fraction of sp³-hybridized carbons (Fsp3) is 0.500. The van der Waals surface area contributed by atoms with Gasteiger partial charge in [0.2, 0.25) is 0 Å². The number of benzene rings is 1. The van der Waals surface area contributed by atoms with Gasteiger partial charge in [-0.15, -0.1) is 0 Å². The van der Waals surface area contributed by atoms with E-state index >= 15 is 0 Å². The van der Waals surface area contributed by atoms with Gasteiger partial charge in [-0.05, 0) is 51.0 Å². The van der Waals surface area contributed by atoms with Crippen molar-refractivity contribution in [2.75, 3.05) is 6.61 Å². The number of halogens is 1. The summed E-state index contributed by atoms with van der Waals surface area (Å²) in [4.78, 5) is 11.6. The molecular weight excluding hydrogens is 250 g/mol. The molecule has 1 aromatic carbocycles. The summed E-state index contributed by atoms with van der Waals surface area (Å²) >= 11 is 6.01. The lowest BCUT2D eigenvalue weighted by Gasteiger charge is -2.20. The maximum absolute atomic E-state index is 11.6. The van der Waals surface area contributed by atoms with Crippen molar-refractivity contribution < 1.29 is 9.53 Å². The Bertz CT molecular complexity index is 424. The minimum absolute atomic E-state index is 0.0159. The Balaban J connectivity index is 2.56. The van der Waals surface area contributed by atoms with Crippen LogP contribution in [0.2, 0.25) is 5.02 Å². The van der Waals surface area contributed by atoms with Crippen LogP contribution in [0.4, 0.5) is 0 Å². The number of carbonyl (C=O) groups is 1. The molecular formula is C14H20ClNO2. The maximum Gasteiger partial charge on any atom is 0.258 e. The number of hydrogen-bond donors (Lipinski definition) is 1. The third kappa shape index (κ3) is 4.96. The second kappa shape index (κ2) is 6.10. The molecule has 1 rings (SSSR count). The average Bonchev–Trinajstić information content (AvgIpc) is 2.25. The maximum atomic E-state index is 11.6. The second-order valence-electron chi connectivity index (χ2n) is 5.19. The second-order valence-corrected chi connectivity index (χ2v) is 5.60. The number of aryl methyl sites for hydroxylation is 1. The van der Waals surface area contributed by atoms with E-state index in [1.54, 1.807) is 12.1 Å². The fourth-order valence-electron chi connectivity index (χ4n) is 1.52. The number of ether oxygens (including phenoxy) is 1. The molecule has 1 amide bonds. The molecule has 18 heavy (non-hydrogen) atoms. The van der Waals surface area contributed by atoms with Gasteiger partial charge in [-0.3, -0.25) is 4.79 Å². The first-order valence-corrected chi connectivity index (χ1v) is 6.42. The highest BCUT2D eigenvalue weighted by molar-refractivity contribution is 6.31. The summed E-state index contributed by atoms with van der Waals surface area (Å²) in [6.45, 7) is 7.84. The summed E-state index contributed by atoms with van der Waals surface area (Å²) in [5.41, 5.74) is 0.778. The van der Waals surface area contributed by atoms with Gasteiger partial charge in [0.15, 0.2) is 6.61 Å². The van der Waals surface area contributed by atoms with Crippen molar-refractivity contribution in [1.29, 1.82) is 0 Å². The summed E-state index contributed by atoms with van der Waals surface area (Å²) in [5, 5.41) is 3.57. The predicted octanol–water partition coefficient (Wildman–Crippen LogP) is 3.20. The Morgan fingerprint density at radius 1 is 1.39 bits per heavy atom. The quantitative estimate of drug-likeness (QED) is 0.912. The molecule has 0 aliphatic carbocycles. The highest BCUT2D eigenvalue weighted by Gasteiger charge is 2.14. The van der Waals surface area contributed by atoms with Crippen molar-refractivity contribution in [3.8, 4) is 5.75 Å². The minimum Gasteiger partial charge on any atom is -0.484 e. The van der Waals surface area contributed by atoms with Gasteiger partial charge in [0.25, 0.3) is 5.91 Å². The molecule has 0 heterocycles. The summed E-state index contributed by atoms with van der Waals surface area (Å²) in [5.74, 6) is 0.538. The normalized spacial score (nSPS) is 11.2. The van der Waals surface area contributed by atoms with Gasteiger partial charge >= 0.3 is 0 Å².